The fourth-order valence-electron chi connectivity index (χ4n) is 3.37. The van der Waals surface area contributed by atoms with Crippen molar-refractivity contribution in [3.05, 3.63) is 17.0 Å². The van der Waals surface area contributed by atoms with Crippen LogP contribution in [-0.4, -0.2) is 71.1 Å². The van der Waals surface area contributed by atoms with Gasteiger partial charge in [0.05, 0.1) is 17.4 Å². The number of carbonyl (C=O) groups is 2. The molecule has 1 aromatic rings. The van der Waals surface area contributed by atoms with Crippen molar-refractivity contribution in [1.82, 2.24) is 14.9 Å². The number of phosphoric ester groups is 1. The van der Waals surface area contributed by atoms with Gasteiger partial charge in [-0.2, -0.15) is 0 Å². The zero-order valence-corrected chi connectivity index (χ0v) is 23.9. The molecule has 0 radical (unpaired) electrons. The number of aromatic nitrogens is 2. The minimum absolute atomic E-state index is 0.149. The monoisotopic (exact) mass is 578 g/mol. The summed E-state index contributed by atoms with van der Waals surface area (Å²) in [5.74, 6) is -0.996. The number of nitrogens with one attached hydrogen (secondary N) is 1. The number of esters is 2. The van der Waals surface area contributed by atoms with Crippen molar-refractivity contribution in [3.8, 4) is 0 Å². The van der Waals surface area contributed by atoms with E-state index in [-0.39, 0.29) is 10.6 Å². The molecule has 214 valence electrons. The van der Waals surface area contributed by atoms with E-state index in [2.05, 4.69) is 10.3 Å². The Labute approximate surface area is 225 Å². The van der Waals surface area contributed by atoms with Crippen LogP contribution in [0.3, 0.4) is 0 Å². The Bertz CT molecular complexity index is 1110. The average molecular weight is 579 g/mol. The lowest BCUT2D eigenvalue weighted by Gasteiger charge is -2.23. The Morgan fingerprint density at radius 3 is 2.16 bits per heavy atom. The summed E-state index contributed by atoms with van der Waals surface area (Å²) in [7, 11) is -4.47. The maximum Gasteiger partial charge on any atom is 0.480 e. The number of aliphatic hydroxyl groups excluding tert-OH is 1. The number of anilines is 1. The largest absolute Gasteiger partial charge is 0.480 e. The summed E-state index contributed by atoms with van der Waals surface area (Å²) < 4.78 is 46.7. The average Bonchev–Trinajstić information content (AvgIpc) is 3.55. The zero-order valence-electron chi connectivity index (χ0n) is 22.2. The van der Waals surface area contributed by atoms with Gasteiger partial charge in [0.25, 0.3) is 0 Å². The third-order valence-corrected chi connectivity index (χ3v) is 7.35. The molecule has 38 heavy (non-hydrogen) atoms. The fourth-order valence-corrected chi connectivity index (χ4v) is 4.55. The lowest BCUT2D eigenvalue weighted by molar-refractivity contribution is -0.163. The number of nitrogens with two attached hydrogens (primary N) is 1. The highest BCUT2D eigenvalue weighted by Crippen LogP contribution is 2.51. The lowest BCUT2D eigenvalue weighted by Crippen LogP contribution is -2.39. The van der Waals surface area contributed by atoms with E-state index in [9.17, 15) is 19.3 Å². The lowest BCUT2D eigenvalue weighted by atomic mass is 9.98. The molecule has 0 bridgehead atoms. The van der Waals surface area contributed by atoms with Gasteiger partial charge in [0, 0.05) is 12.7 Å². The van der Waals surface area contributed by atoms with Gasteiger partial charge in [0.1, 0.15) is 23.6 Å². The van der Waals surface area contributed by atoms with Gasteiger partial charge in [0.15, 0.2) is 6.23 Å². The number of hydrogen-bond donors (Lipinski definition) is 3. The maximum atomic E-state index is 13.3. The standard InChI is InChI=1S/C22H35N4O10PS/c1-20(2,3)17(28)31-11-34-37(30,35-12-32-18(29)21(4,5)6)33-9-13-15(27)22(10-24-22)16(36-13)26-8-7-14(23)25-19(26)38/h7-8,13,15-16,24,27H,9-12H2,1-6H3,(H2,23,25,38)/t13-,15?,16?,22+/m1/s1. The summed E-state index contributed by atoms with van der Waals surface area (Å²) in [5.41, 5.74) is 3.14. The Hall–Kier alpha value is -1.97. The van der Waals surface area contributed by atoms with E-state index in [1.165, 1.54) is 0 Å². The van der Waals surface area contributed by atoms with Crippen LogP contribution in [0.25, 0.3) is 0 Å². The van der Waals surface area contributed by atoms with E-state index in [1.807, 2.05) is 0 Å². The molecule has 14 nitrogen and oxygen atoms in total. The number of ether oxygens (including phenoxy) is 3. The summed E-state index contributed by atoms with van der Waals surface area (Å²) in [4.78, 5) is 28.1. The molecule has 0 aromatic carbocycles. The molecule has 16 heteroatoms. The van der Waals surface area contributed by atoms with Crippen molar-refractivity contribution in [2.45, 2.75) is 65.5 Å². The van der Waals surface area contributed by atoms with Crippen LogP contribution in [0.5, 0.6) is 0 Å². The second-order valence-electron chi connectivity index (χ2n) is 11.0. The van der Waals surface area contributed by atoms with Crippen LogP contribution in [0, 0.1) is 15.6 Å². The number of nitrogens with zero attached hydrogens (tertiary/aromatic N) is 2. The van der Waals surface area contributed by atoms with E-state index in [0.717, 1.165) is 0 Å². The number of carbonyl (C=O) groups excluding carboxylic acids is 2. The first kappa shape index (κ1) is 30.6. The minimum atomic E-state index is -4.47. The third-order valence-electron chi connectivity index (χ3n) is 5.74. The molecule has 2 fully saturated rings. The zero-order chi connectivity index (χ0) is 28.5. The summed E-state index contributed by atoms with van der Waals surface area (Å²) in [6.07, 6.45) is -1.26. The highest BCUT2D eigenvalue weighted by Gasteiger charge is 2.64. The molecule has 0 amide bonds. The van der Waals surface area contributed by atoms with Crippen LogP contribution in [0.2, 0.25) is 0 Å². The smallest absolute Gasteiger partial charge is 0.437 e. The number of nitrogen functional groups attached to an aromatic ring is 1. The van der Waals surface area contributed by atoms with Crippen LogP contribution in [0.15, 0.2) is 12.3 Å². The first-order valence-corrected chi connectivity index (χ1v) is 13.7. The maximum absolute atomic E-state index is 13.3. The van der Waals surface area contributed by atoms with Crippen molar-refractivity contribution < 1.29 is 47.0 Å². The topological polar surface area (TPSA) is 193 Å². The molecule has 3 rings (SSSR count). The van der Waals surface area contributed by atoms with Crippen LogP contribution in [0.4, 0.5) is 5.82 Å². The van der Waals surface area contributed by atoms with Gasteiger partial charge in [-0.3, -0.25) is 18.7 Å². The van der Waals surface area contributed by atoms with E-state index in [0.29, 0.717) is 6.54 Å². The highest BCUT2D eigenvalue weighted by molar-refractivity contribution is 7.71. The molecule has 2 unspecified atom stereocenters. The molecular formula is C22H35N4O10PS. The van der Waals surface area contributed by atoms with Gasteiger partial charge in [-0.25, -0.2) is 18.6 Å². The van der Waals surface area contributed by atoms with Crippen LogP contribution < -0.4 is 11.1 Å². The van der Waals surface area contributed by atoms with Crippen LogP contribution in [0.1, 0.15) is 47.8 Å². The van der Waals surface area contributed by atoms with Crippen molar-refractivity contribution in [2.75, 3.05) is 32.5 Å². The van der Waals surface area contributed by atoms with E-state index >= 15 is 0 Å². The number of rotatable bonds is 10. The van der Waals surface area contributed by atoms with Crippen molar-refractivity contribution in [2.24, 2.45) is 10.8 Å². The summed E-state index contributed by atoms with van der Waals surface area (Å²) in [5, 5.41) is 14.1. The SMILES string of the molecule is CC(C)(C)C(=O)OCOP(=O)(OCOC(=O)C(C)(C)C)OC[C@H]1OC(n2ccc(N)nc2=S)[C@]2(CN2)C1O. The fraction of sp³-hybridized carbons (Fsp3) is 0.727. The first-order valence-electron chi connectivity index (χ1n) is 11.8. The molecule has 4 atom stereocenters. The second-order valence-corrected chi connectivity index (χ2v) is 13.0. The molecule has 0 aliphatic carbocycles. The Morgan fingerprint density at radius 2 is 1.71 bits per heavy atom. The second kappa shape index (κ2) is 11.3. The predicted octanol–water partition coefficient (Wildman–Crippen LogP) is 2.05. The van der Waals surface area contributed by atoms with Crippen LogP contribution in [-0.2, 0) is 41.9 Å². The van der Waals surface area contributed by atoms with E-state index in [1.54, 1.807) is 58.4 Å². The molecular weight excluding hydrogens is 543 g/mol. The number of phosphoric acid groups is 1. The third kappa shape index (κ3) is 7.16. The quantitative estimate of drug-likeness (QED) is 0.120. The summed E-state index contributed by atoms with van der Waals surface area (Å²) in [6, 6.07) is 1.54. The minimum Gasteiger partial charge on any atom is -0.437 e. The normalized spacial score (nSPS) is 25.4. The van der Waals surface area contributed by atoms with Crippen molar-refractivity contribution >= 4 is 37.8 Å². The molecule has 2 aliphatic rings. The molecule has 4 N–H and O–H groups in total. The van der Waals surface area contributed by atoms with Gasteiger partial charge >= 0.3 is 19.8 Å². The van der Waals surface area contributed by atoms with Crippen molar-refractivity contribution in [1.29, 1.82) is 0 Å². The van der Waals surface area contributed by atoms with Gasteiger partial charge in [0.2, 0.25) is 18.4 Å². The van der Waals surface area contributed by atoms with Gasteiger partial charge in [-0.15, -0.1) is 0 Å². The van der Waals surface area contributed by atoms with Crippen molar-refractivity contribution in [3.63, 3.8) is 0 Å². The van der Waals surface area contributed by atoms with E-state index < -0.39 is 74.8 Å². The highest BCUT2D eigenvalue weighted by atomic mass is 32.1. The molecule has 2 saturated heterocycles. The summed E-state index contributed by atoms with van der Waals surface area (Å²) >= 11 is 5.28. The Morgan fingerprint density at radius 1 is 1.18 bits per heavy atom. The molecule has 1 aromatic heterocycles. The Kier molecular flexibility index (Phi) is 9.06. The number of aliphatic hydroxyl groups is 1. The van der Waals surface area contributed by atoms with Gasteiger partial charge in [-0.1, -0.05) is 0 Å². The molecule has 0 saturated carbocycles. The number of hydrogen-bond acceptors (Lipinski definition) is 14. The molecule has 2 aliphatic heterocycles. The van der Waals surface area contributed by atoms with Gasteiger partial charge < -0.3 is 30.4 Å². The summed E-state index contributed by atoms with van der Waals surface area (Å²) in [6.45, 7) is 8.25. The predicted molar refractivity (Wildman–Crippen MR) is 135 cm³/mol. The Balaban J connectivity index is 1.68. The van der Waals surface area contributed by atoms with Crippen LogP contribution >= 0.6 is 20.0 Å². The van der Waals surface area contributed by atoms with Gasteiger partial charge in [-0.05, 0) is 59.8 Å². The first-order chi connectivity index (χ1) is 17.5. The molecule has 3 heterocycles. The van der Waals surface area contributed by atoms with E-state index in [4.69, 9.17) is 45.7 Å². The molecule has 1 spiro atoms.